The number of carbonyl (C=O) groups excluding carboxylic acids is 1. The molecule has 1 heterocycles. The van der Waals surface area contributed by atoms with Gasteiger partial charge in [-0.05, 0) is 96.8 Å². The van der Waals surface area contributed by atoms with Gasteiger partial charge in [-0.3, -0.25) is 4.79 Å². The van der Waals surface area contributed by atoms with Gasteiger partial charge in [-0.25, -0.2) is 0 Å². The van der Waals surface area contributed by atoms with E-state index >= 15 is 0 Å². The van der Waals surface area contributed by atoms with E-state index in [-0.39, 0.29) is 5.91 Å². The number of halogens is 1. The smallest absolute Gasteiger partial charge is 0.255 e. The van der Waals surface area contributed by atoms with E-state index in [1.165, 1.54) is 28.5 Å². The van der Waals surface area contributed by atoms with E-state index in [1.54, 1.807) is 0 Å². The molecule has 2 aromatic rings. The summed E-state index contributed by atoms with van der Waals surface area (Å²) in [6.07, 6.45) is 3.84. The minimum absolute atomic E-state index is 0.0560. The monoisotopic (exact) mass is 420 g/mol. The number of nitrogens with one attached hydrogen (secondary N) is 1. The van der Waals surface area contributed by atoms with E-state index in [0.717, 1.165) is 24.3 Å². The molecule has 0 bridgehead atoms. The molecule has 4 heteroatoms. The number of hydrogen-bond donors (Lipinski definition) is 1. The summed E-state index contributed by atoms with van der Waals surface area (Å²) in [4.78, 5) is 14.8. The van der Waals surface area contributed by atoms with Crippen LogP contribution in [0.25, 0.3) is 0 Å². The molecule has 1 aliphatic heterocycles. The lowest BCUT2D eigenvalue weighted by Crippen LogP contribution is -2.29. The van der Waals surface area contributed by atoms with E-state index in [4.69, 9.17) is 0 Å². The lowest BCUT2D eigenvalue weighted by atomic mass is 10.1. The largest absolute Gasteiger partial charge is 0.372 e. The van der Waals surface area contributed by atoms with Gasteiger partial charge in [0.2, 0.25) is 0 Å². The fourth-order valence-corrected chi connectivity index (χ4v) is 3.58. The van der Waals surface area contributed by atoms with E-state index in [1.807, 2.05) is 31.2 Å². The zero-order chi connectivity index (χ0) is 16.2. The van der Waals surface area contributed by atoms with E-state index in [0.29, 0.717) is 5.56 Å². The molecular formula is C19H21IN2O. The first-order valence-electron chi connectivity index (χ1n) is 8.06. The van der Waals surface area contributed by atoms with Crippen molar-refractivity contribution in [2.45, 2.75) is 26.2 Å². The number of hydrogen-bond acceptors (Lipinski definition) is 2. The Labute approximate surface area is 151 Å². The third-order valence-corrected chi connectivity index (χ3v) is 4.96. The zero-order valence-corrected chi connectivity index (χ0v) is 15.5. The molecule has 1 amide bonds. The molecule has 0 atom stereocenters. The van der Waals surface area contributed by atoms with Crippen molar-refractivity contribution in [2.75, 3.05) is 23.3 Å². The summed E-state index contributed by atoms with van der Waals surface area (Å²) in [7, 11) is 0. The van der Waals surface area contributed by atoms with Crippen molar-refractivity contribution < 1.29 is 4.79 Å². The van der Waals surface area contributed by atoms with Crippen LogP contribution in [0.15, 0.2) is 42.5 Å². The SMILES string of the molecule is Cc1cc(I)ccc1NC(=O)c1ccc(N2CCCCC2)cc1. The molecule has 3 rings (SSSR count). The molecule has 23 heavy (non-hydrogen) atoms. The van der Waals surface area contributed by atoms with Gasteiger partial charge >= 0.3 is 0 Å². The van der Waals surface area contributed by atoms with Crippen LogP contribution in [-0.2, 0) is 0 Å². The Bertz CT molecular complexity index is 691. The Morgan fingerprint density at radius 3 is 2.39 bits per heavy atom. The first-order valence-corrected chi connectivity index (χ1v) is 9.14. The van der Waals surface area contributed by atoms with Crippen LogP contribution in [-0.4, -0.2) is 19.0 Å². The maximum absolute atomic E-state index is 12.4. The summed E-state index contributed by atoms with van der Waals surface area (Å²) in [5.41, 5.74) is 3.86. The molecule has 0 radical (unpaired) electrons. The lowest BCUT2D eigenvalue weighted by molar-refractivity contribution is 0.102. The van der Waals surface area contributed by atoms with Gasteiger partial charge in [0.25, 0.3) is 5.91 Å². The van der Waals surface area contributed by atoms with Crippen molar-refractivity contribution >= 4 is 39.9 Å². The highest BCUT2D eigenvalue weighted by molar-refractivity contribution is 14.1. The molecule has 3 nitrogen and oxygen atoms in total. The fraction of sp³-hybridized carbons (Fsp3) is 0.316. The van der Waals surface area contributed by atoms with Crippen molar-refractivity contribution in [1.29, 1.82) is 0 Å². The minimum atomic E-state index is -0.0560. The molecule has 0 aliphatic carbocycles. The molecule has 0 spiro atoms. The molecule has 1 aliphatic rings. The van der Waals surface area contributed by atoms with Crippen molar-refractivity contribution in [1.82, 2.24) is 0 Å². The summed E-state index contributed by atoms with van der Waals surface area (Å²) < 4.78 is 1.17. The number of benzene rings is 2. The topological polar surface area (TPSA) is 32.3 Å². The Balaban J connectivity index is 1.69. The Morgan fingerprint density at radius 1 is 1.04 bits per heavy atom. The van der Waals surface area contributed by atoms with Gasteiger partial charge in [0, 0.05) is 33.6 Å². The number of amides is 1. The quantitative estimate of drug-likeness (QED) is 0.721. The summed E-state index contributed by atoms with van der Waals surface area (Å²) in [5, 5.41) is 3.00. The van der Waals surface area contributed by atoms with Crippen LogP contribution in [0.3, 0.4) is 0 Å². The summed E-state index contributed by atoms with van der Waals surface area (Å²) in [6.45, 7) is 4.25. The fourth-order valence-electron chi connectivity index (χ4n) is 2.94. The first kappa shape index (κ1) is 16.3. The summed E-state index contributed by atoms with van der Waals surface area (Å²) in [5.74, 6) is -0.0560. The molecular weight excluding hydrogens is 399 g/mol. The Morgan fingerprint density at radius 2 is 1.74 bits per heavy atom. The highest BCUT2D eigenvalue weighted by atomic mass is 127. The van der Waals surface area contributed by atoms with Crippen LogP contribution in [0.2, 0.25) is 0 Å². The average Bonchev–Trinajstić information content (AvgIpc) is 2.58. The number of aryl methyl sites for hydroxylation is 1. The number of carbonyl (C=O) groups is 1. The van der Waals surface area contributed by atoms with Gasteiger partial charge < -0.3 is 10.2 Å². The second kappa shape index (κ2) is 7.34. The van der Waals surface area contributed by atoms with Crippen molar-refractivity contribution in [3.63, 3.8) is 0 Å². The van der Waals surface area contributed by atoms with E-state index in [2.05, 4.69) is 51.0 Å². The third kappa shape index (κ3) is 4.05. The van der Waals surface area contributed by atoms with Crippen LogP contribution in [0, 0.1) is 10.5 Å². The zero-order valence-electron chi connectivity index (χ0n) is 13.3. The third-order valence-electron chi connectivity index (χ3n) is 4.29. The standard InChI is InChI=1S/C19H21IN2O/c1-14-13-16(20)7-10-18(14)21-19(23)15-5-8-17(9-6-15)22-11-3-2-4-12-22/h5-10,13H,2-4,11-12H2,1H3,(H,21,23). The van der Waals surface area contributed by atoms with Gasteiger partial charge in [-0.15, -0.1) is 0 Å². The first-order chi connectivity index (χ1) is 11.1. The Kier molecular flexibility index (Phi) is 5.20. The molecule has 1 saturated heterocycles. The van der Waals surface area contributed by atoms with E-state index < -0.39 is 0 Å². The van der Waals surface area contributed by atoms with Crippen LogP contribution in [0.1, 0.15) is 35.2 Å². The number of anilines is 2. The maximum Gasteiger partial charge on any atom is 0.255 e. The highest BCUT2D eigenvalue weighted by Crippen LogP contribution is 2.22. The van der Waals surface area contributed by atoms with Gasteiger partial charge in [0.05, 0.1) is 0 Å². The van der Waals surface area contributed by atoms with Gasteiger partial charge in [0.15, 0.2) is 0 Å². The molecule has 2 aromatic carbocycles. The van der Waals surface area contributed by atoms with Crippen LogP contribution in [0.5, 0.6) is 0 Å². The normalized spacial score (nSPS) is 14.6. The van der Waals surface area contributed by atoms with Gasteiger partial charge in [-0.2, -0.15) is 0 Å². The molecule has 0 unspecified atom stereocenters. The number of rotatable bonds is 3. The average molecular weight is 420 g/mol. The molecule has 0 saturated carbocycles. The highest BCUT2D eigenvalue weighted by Gasteiger charge is 2.12. The van der Waals surface area contributed by atoms with Crippen LogP contribution >= 0.6 is 22.6 Å². The van der Waals surface area contributed by atoms with Crippen molar-refractivity contribution in [3.8, 4) is 0 Å². The van der Waals surface area contributed by atoms with Gasteiger partial charge in [-0.1, -0.05) is 0 Å². The Hall–Kier alpha value is -1.56. The minimum Gasteiger partial charge on any atom is -0.372 e. The van der Waals surface area contributed by atoms with Crippen molar-refractivity contribution in [2.24, 2.45) is 0 Å². The molecule has 120 valence electrons. The summed E-state index contributed by atoms with van der Waals surface area (Å²) in [6, 6.07) is 14.0. The molecule has 0 aromatic heterocycles. The van der Waals surface area contributed by atoms with Crippen molar-refractivity contribution in [3.05, 3.63) is 57.2 Å². The predicted molar refractivity (Wildman–Crippen MR) is 104 cm³/mol. The predicted octanol–water partition coefficient (Wildman–Crippen LogP) is 4.84. The molecule has 1 N–H and O–H groups in total. The second-order valence-electron chi connectivity index (χ2n) is 6.01. The lowest BCUT2D eigenvalue weighted by Gasteiger charge is -2.28. The number of piperidine rings is 1. The van der Waals surface area contributed by atoms with Crippen LogP contribution < -0.4 is 10.2 Å². The second-order valence-corrected chi connectivity index (χ2v) is 7.25. The van der Waals surface area contributed by atoms with Crippen LogP contribution in [0.4, 0.5) is 11.4 Å². The maximum atomic E-state index is 12.4. The number of nitrogens with zero attached hydrogens (tertiary/aromatic N) is 1. The molecule has 1 fully saturated rings. The van der Waals surface area contributed by atoms with Gasteiger partial charge in [0.1, 0.15) is 0 Å². The van der Waals surface area contributed by atoms with E-state index in [9.17, 15) is 4.79 Å². The summed E-state index contributed by atoms with van der Waals surface area (Å²) >= 11 is 2.27.